The standard InChI is InChI=1S/C24H26Cl2N2O4S/c1-15(2)16-7-10-18(11-8-16)27-23(29)14-21(24(27)30)28(19-5-3-4-6-19)33(31,32)22-13-17(25)9-12-20(22)26/h7-13,15,19,21H,3-6,14H2,1-2H3. The smallest absolute Gasteiger partial charge is 0.252 e. The number of amides is 2. The molecule has 2 aliphatic rings. The van der Waals surface area contributed by atoms with Gasteiger partial charge < -0.3 is 0 Å². The summed E-state index contributed by atoms with van der Waals surface area (Å²) in [5, 5.41) is 0.255. The van der Waals surface area contributed by atoms with E-state index in [-0.39, 0.29) is 27.4 Å². The van der Waals surface area contributed by atoms with Crippen molar-refractivity contribution >= 4 is 50.7 Å². The molecule has 1 atom stereocenters. The van der Waals surface area contributed by atoms with Crippen molar-refractivity contribution in [3.8, 4) is 0 Å². The Morgan fingerprint density at radius 3 is 2.24 bits per heavy atom. The molecule has 2 aromatic rings. The van der Waals surface area contributed by atoms with E-state index < -0.39 is 27.9 Å². The van der Waals surface area contributed by atoms with Crippen molar-refractivity contribution in [2.45, 2.75) is 68.8 Å². The zero-order valence-electron chi connectivity index (χ0n) is 18.5. The van der Waals surface area contributed by atoms with E-state index >= 15 is 0 Å². The Morgan fingerprint density at radius 2 is 1.64 bits per heavy atom. The number of imide groups is 1. The van der Waals surface area contributed by atoms with Crippen molar-refractivity contribution in [2.24, 2.45) is 0 Å². The molecule has 1 saturated carbocycles. The maximum Gasteiger partial charge on any atom is 0.252 e. The van der Waals surface area contributed by atoms with Gasteiger partial charge in [0.25, 0.3) is 5.91 Å². The Kier molecular flexibility index (Phi) is 6.87. The minimum Gasteiger partial charge on any atom is -0.274 e. The van der Waals surface area contributed by atoms with Crippen LogP contribution >= 0.6 is 23.2 Å². The highest BCUT2D eigenvalue weighted by Crippen LogP contribution is 2.38. The molecule has 1 aliphatic carbocycles. The van der Waals surface area contributed by atoms with E-state index in [1.165, 1.54) is 22.5 Å². The summed E-state index contributed by atoms with van der Waals surface area (Å²) in [5.41, 5.74) is 1.53. The van der Waals surface area contributed by atoms with Gasteiger partial charge in [0.1, 0.15) is 10.9 Å². The monoisotopic (exact) mass is 508 g/mol. The predicted octanol–water partition coefficient (Wildman–Crippen LogP) is 5.38. The molecule has 2 amide bonds. The molecule has 9 heteroatoms. The van der Waals surface area contributed by atoms with Crippen LogP contribution in [0.4, 0.5) is 5.69 Å². The van der Waals surface area contributed by atoms with Crippen molar-refractivity contribution < 1.29 is 18.0 Å². The highest BCUT2D eigenvalue weighted by Gasteiger charge is 2.50. The number of rotatable bonds is 6. The van der Waals surface area contributed by atoms with E-state index in [2.05, 4.69) is 13.8 Å². The van der Waals surface area contributed by atoms with Gasteiger partial charge in [-0.15, -0.1) is 0 Å². The fourth-order valence-electron chi connectivity index (χ4n) is 4.66. The maximum absolute atomic E-state index is 13.8. The normalized spacial score (nSPS) is 19.9. The van der Waals surface area contributed by atoms with E-state index in [0.29, 0.717) is 24.4 Å². The molecule has 0 N–H and O–H groups in total. The van der Waals surface area contributed by atoms with Crippen molar-refractivity contribution in [3.05, 3.63) is 58.1 Å². The third-order valence-electron chi connectivity index (χ3n) is 6.38. The summed E-state index contributed by atoms with van der Waals surface area (Å²) in [6.07, 6.45) is 2.75. The second kappa shape index (κ2) is 9.37. The fraction of sp³-hybridized carbons (Fsp3) is 0.417. The van der Waals surface area contributed by atoms with Gasteiger partial charge in [-0.1, -0.05) is 62.0 Å². The number of sulfonamides is 1. The minimum atomic E-state index is -4.18. The summed E-state index contributed by atoms with van der Waals surface area (Å²) in [6.45, 7) is 4.12. The van der Waals surface area contributed by atoms with E-state index in [4.69, 9.17) is 23.2 Å². The summed E-state index contributed by atoms with van der Waals surface area (Å²) < 4.78 is 28.8. The van der Waals surface area contributed by atoms with Gasteiger partial charge in [-0.2, -0.15) is 4.31 Å². The molecule has 176 valence electrons. The molecule has 33 heavy (non-hydrogen) atoms. The molecular formula is C24H26Cl2N2O4S. The van der Waals surface area contributed by atoms with Gasteiger partial charge >= 0.3 is 0 Å². The molecule has 1 aliphatic heterocycles. The van der Waals surface area contributed by atoms with Crippen LogP contribution in [0.5, 0.6) is 0 Å². The van der Waals surface area contributed by atoms with Crippen LogP contribution in [-0.4, -0.2) is 36.6 Å². The van der Waals surface area contributed by atoms with Crippen LogP contribution in [-0.2, 0) is 19.6 Å². The van der Waals surface area contributed by atoms with Crippen molar-refractivity contribution in [1.29, 1.82) is 0 Å². The lowest BCUT2D eigenvalue weighted by Gasteiger charge is -2.32. The highest BCUT2D eigenvalue weighted by atomic mass is 35.5. The zero-order chi connectivity index (χ0) is 23.9. The van der Waals surface area contributed by atoms with Crippen LogP contribution in [0.15, 0.2) is 47.4 Å². The second-order valence-electron chi connectivity index (χ2n) is 8.88. The number of halogens is 2. The molecular weight excluding hydrogens is 483 g/mol. The molecule has 2 fully saturated rings. The molecule has 2 aromatic carbocycles. The maximum atomic E-state index is 13.8. The molecule has 4 rings (SSSR count). The second-order valence-corrected chi connectivity index (χ2v) is 11.5. The summed E-state index contributed by atoms with van der Waals surface area (Å²) in [5.74, 6) is -0.647. The summed E-state index contributed by atoms with van der Waals surface area (Å²) in [6, 6.07) is 9.95. The quantitative estimate of drug-likeness (QED) is 0.490. The van der Waals surface area contributed by atoms with E-state index in [1.54, 1.807) is 12.1 Å². The molecule has 1 heterocycles. The molecule has 0 bridgehead atoms. The van der Waals surface area contributed by atoms with Gasteiger partial charge in [-0.3, -0.25) is 9.59 Å². The van der Waals surface area contributed by atoms with Crippen LogP contribution in [0.25, 0.3) is 0 Å². The predicted molar refractivity (Wildman–Crippen MR) is 129 cm³/mol. The Bertz CT molecular complexity index is 1180. The first-order chi connectivity index (χ1) is 15.6. The zero-order valence-corrected chi connectivity index (χ0v) is 20.8. The Labute approximate surface area is 204 Å². The van der Waals surface area contributed by atoms with E-state index in [9.17, 15) is 18.0 Å². The minimum absolute atomic E-state index is 0.0281. The highest BCUT2D eigenvalue weighted by molar-refractivity contribution is 7.89. The number of hydrogen-bond donors (Lipinski definition) is 0. The fourth-order valence-corrected chi connectivity index (χ4v) is 7.23. The van der Waals surface area contributed by atoms with Crippen LogP contribution in [0, 0.1) is 0 Å². The van der Waals surface area contributed by atoms with Gasteiger partial charge in [-0.25, -0.2) is 13.3 Å². The van der Waals surface area contributed by atoms with Crippen LogP contribution < -0.4 is 4.90 Å². The van der Waals surface area contributed by atoms with Crippen molar-refractivity contribution in [1.82, 2.24) is 4.31 Å². The third-order valence-corrected chi connectivity index (χ3v) is 9.06. The first-order valence-electron chi connectivity index (χ1n) is 11.1. The van der Waals surface area contributed by atoms with Gasteiger partial charge in [0, 0.05) is 11.1 Å². The van der Waals surface area contributed by atoms with Crippen LogP contribution in [0.3, 0.4) is 0 Å². The Hall–Kier alpha value is -1.93. The van der Waals surface area contributed by atoms with Crippen molar-refractivity contribution in [2.75, 3.05) is 4.90 Å². The average Bonchev–Trinajstić information content (AvgIpc) is 3.38. The number of carbonyl (C=O) groups excluding carboxylic acids is 2. The molecule has 0 aromatic heterocycles. The number of carbonyl (C=O) groups is 2. The molecule has 0 radical (unpaired) electrons. The van der Waals surface area contributed by atoms with E-state index in [1.807, 2.05) is 12.1 Å². The number of hydrogen-bond acceptors (Lipinski definition) is 4. The number of benzene rings is 2. The lowest BCUT2D eigenvalue weighted by molar-refractivity contribution is -0.122. The average molecular weight is 509 g/mol. The van der Waals surface area contributed by atoms with Gasteiger partial charge in [-0.05, 0) is 54.7 Å². The summed E-state index contributed by atoms with van der Waals surface area (Å²) >= 11 is 12.3. The van der Waals surface area contributed by atoms with Gasteiger partial charge in [0.2, 0.25) is 15.9 Å². The van der Waals surface area contributed by atoms with Crippen molar-refractivity contribution in [3.63, 3.8) is 0 Å². The van der Waals surface area contributed by atoms with E-state index in [0.717, 1.165) is 23.3 Å². The SMILES string of the molecule is CC(C)c1ccc(N2C(=O)CC(N(C3CCCC3)S(=O)(=O)c3cc(Cl)ccc3Cl)C2=O)cc1. The van der Waals surface area contributed by atoms with Gasteiger partial charge in [0.05, 0.1) is 17.1 Å². The first kappa shape index (κ1) is 24.2. The molecule has 0 spiro atoms. The molecule has 1 unspecified atom stereocenters. The Balaban J connectivity index is 1.73. The van der Waals surface area contributed by atoms with Crippen LogP contribution in [0.1, 0.15) is 57.4 Å². The van der Waals surface area contributed by atoms with Gasteiger partial charge in [0.15, 0.2) is 0 Å². The Morgan fingerprint density at radius 1 is 1.00 bits per heavy atom. The lowest BCUT2D eigenvalue weighted by Crippen LogP contribution is -2.49. The topological polar surface area (TPSA) is 74.8 Å². The van der Waals surface area contributed by atoms with Crippen LogP contribution in [0.2, 0.25) is 10.0 Å². The summed E-state index contributed by atoms with van der Waals surface area (Å²) in [4.78, 5) is 27.4. The first-order valence-corrected chi connectivity index (χ1v) is 13.3. The number of nitrogens with zero attached hydrogens (tertiary/aromatic N) is 2. The largest absolute Gasteiger partial charge is 0.274 e. The molecule has 1 saturated heterocycles. The third kappa shape index (κ3) is 4.56. The lowest BCUT2D eigenvalue weighted by atomic mass is 10.0. The molecule has 6 nitrogen and oxygen atoms in total. The summed E-state index contributed by atoms with van der Waals surface area (Å²) in [7, 11) is -4.18. The number of anilines is 1.